The number of likely N-dealkylation sites (N-methyl/N-ethyl adjacent to an activating group) is 2. The van der Waals surface area contributed by atoms with Gasteiger partial charge in [-0.15, -0.1) is 0 Å². The molecule has 4 aromatic heterocycles. The predicted octanol–water partition coefficient (Wildman–Crippen LogP) is 4.07. The van der Waals surface area contributed by atoms with E-state index < -0.39 is 17.7 Å². The molecule has 5 fully saturated rings. The van der Waals surface area contributed by atoms with Crippen LogP contribution in [0.25, 0.3) is 33.8 Å². The monoisotopic (exact) mass is 994 g/mol. The Balaban J connectivity index is 0.000000179. The first-order chi connectivity index (χ1) is 34.5. The van der Waals surface area contributed by atoms with Crippen LogP contribution in [0.4, 0.5) is 26.0 Å². The maximum atomic E-state index is 14.9. The highest BCUT2D eigenvalue weighted by atomic mass is 19.1. The highest BCUT2D eigenvalue weighted by Crippen LogP contribution is 2.49. The highest BCUT2D eigenvalue weighted by Gasteiger charge is 2.53. The molecule has 0 bridgehead atoms. The Labute approximate surface area is 416 Å². The largest absolute Gasteiger partial charge is 0.383 e. The van der Waals surface area contributed by atoms with Gasteiger partial charge < -0.3 is 50.6 Å². The van der Waals surface area contributed by atoms with Crippen LogP contribution >= 0.6 is 0 Å². The summed E-state index contributed by atoms with van der Waals surface area (Å²) in [5.41, 5.74) is 11.0. The number of benzene rings is 1. The first kappa shape index (κ1) is 50.3. The van der Waals surface area contributed by atoms with Crippen LogP contribution in [0, 0.1) is 29.9 Å². The minimum atomic E-state index is -0.768. The van der Waals surface area contributed by atoms with Gasteiger partial charge in [-0.3, -0.25) is 14.4 Å². The minimum absolute atomic E-state index is 0.0394. The van der Waals surface area contributed by atoms with Crippen molar-refractivity contribution < 1.29 is 32.5 Å². The van der Waals surface area contributed by atoms with Crippen LogP contribution in [-0.2, 0) is 24.7 Å². The summed E-state index contributed by atoms with van der Waals surface area (Å²) in [6.45, 7) is 15.7. The number of nitrogens with two attached hydrogens (primary N) is 1. The van der Waals surface area contributed by atoms with Crippen molar-refractivity contribution in [2.75, 3.05) is 95.5 Å². The van der Waals surface area contributed by atoms with Crippen LogP contribution < -0.4 is 26.6 Å². The van der Waals surface area contributed by atoms with Crippen LogP contribution in [0.2, 0.25) is 0 Å². The number of aryl methyl sites for hydroxylation is 1. The SMILES string of the molecule is CNC(=O)C(CCC=O)Nc1cc(F)c(N2CC3(CN(CC4CCN(C(=O)CNC=O)CC4)C3)C2)c(F)c1.Cc1nc(-c2c(-c3nn(C(C)(C)C)c4ncnc(N)c34)noc2C2CC2)ncc1C1CN(C)C1. The van der Waals surface area contributed by atoms with Gasteiger partial charge in [-0.1, -0.05) is 5.16 Å². The van der Waals surface area contributed by atoms with Crippen molar-refractivity contribution in [2.24, 2.45) is 11.3 Å². The Kier molecular flexibility index (Phi) is 14.3. The molecule has 8 heterocycles. The van der Waals surface area contributed by atoms with Gasteiger partial charge in [0.1, 0.15) is 41.5 Å². The number of hydrogen-bond donors (Lipinski definition) is 4. The molecule has 384 valence electrons. The molecule has 4 saturated heterocycles. The van der Waals surface area contributed by atoms with Gasteiger partial charge in [0.25, 0.3) is 0 Å². The van der Waals surface area contributed by atoms with E-state index in [1.807, 2.05) is 10.9 Å². The number of anilines is 3. The summed E-state index contributed by atoms with van der Waals surface area (Å²) in [5, 5.41) is 17.8. The van der Waals surface area contributed by atoms with Gasteiger partial charge in [-0.05, 0) is 90.5 Å². The lowest BCUT2D eigenvalue weighted by Crippen LogP contribution is -2.72. The van der Waals surface area contributed by atoms with Crippen LogP contribution in [0.5, 0.6) is 0 Å². The summed E-state index contributed by atoms with van der Waals surface area (Å²) in [7, 11) is 3.59. The molecule has 1 spiro atoms. The number of nitrogens with zero attached hydrogens (tertiary/aromatic N) is 11. The van der Waals surface area contributed by atoms with E-state index in [4.69, 9.17) is 25.3 Å². The Morgan fingerprint density at radius 1 is 0.986 bits per heavy atom. The number of carbonyl (C=O) groups is 4. The molecule has 4 aliphatic heterocycles. The number of nitrogen functional groups attached to an aromatic ring is 1. The first-order valence-electron chi connectivity index (χ1n) is 24.8. The zero-order valence-electron chi connectivity index (χ0n) is 41.9. The maximum Gasteiger partial charge on any atom is 0.242 e. The van der Waals surface area contributed by atoms with Crippen molar-refractivity contribution in [3.8, 4) is 22.8 Å². The molecule has 5 aliphatic rings. The molecule has 10 rings (SSSR count). The maximum absolute atomic E-state index is 14.9. The molecule has 3 amide bonds. The lowest BCUT2D eigenvalue weighted by atomic mass is 9.72. The van der Waals surface area contributed by atoms with Gasteiger partial charge in [0.15, 0.2) is 28.9 Å². The molecule has 22 heteroatoms. The van der Waals surface area contributed by atoms with E-state index in [9.17, 15) is 28.0 Å². The quantitative estimate of drug-likeness (QED) is 0.102. The topological polar surface area (TPSA) is 239 Å². The third-order valence-electron chi connectivity index (χ3n) is 14.6. The molecule has 5 aromatic rings. The van der Waals surface area contributed by atoms with Crippen LogP contribution in [-0.4, -0.2) is 160 Å². The molecule has 20 nitrogen and oxygen atoms in total. The third-order valence-corrected chi connectivity index (χ3v) is 14.6. The summed E-state index contributed by atoms with van der Waals surface area (Å²) >= 11 is 0. The Hall–Kier alpha value is -6.68. The van der Waals surface area contributed by atoms with E-state index in [2.05, 4.69) is 75.6 Å². The predicted molar refractivity (Wildman–Crippen MR) is 266 cm³/mol. The molecule has 72 heavy (non-hydrogen) atoms. The molecular weight excluding hydrogens is 929 g/mol. The fourth-order valence-electron chi connectivity index (χ4n) is 10.8. The van der Waals surface area contributed by atoms with Gasteiger partial charge in [0.05, 0.1) is 23.0 Å². The zero-order valence-corrected chi connectivity index (χ0v) is 41.9. The molecule has 1 saturated carbocycles. The summed E-state index contributed by atoms with van der Waals surface area (Å²) in [4.78, 5) is 71.8. The van der Waals surface area contributed by atoms with Crippen molar-refractivity contribution in [1.29, 1.82) is 0 Å². The van der Waals surface area contributed by atoms with E-state index in [-0.39, 0.29) is 53.5 Å². The summed E-state index contributed by atoms with van der Waals surface area (Å²) < 4.78 is 37.7. The second-order valence-electron chi connectivity index (χ2n) is 21.3. The number of likely N-dealkylation sites (tertiary alicyclic amines) is 3. The molecule has 1 aliphatic carbocycles. The molecule has 1 aromatic carbocycles. The Morgan fingerprint density at radius 2 is 1.69 bits per heavy atom. The second kappa shape index (κ2) is 20.4. The van der Waals surface area contributed by atoms with E-state index >= 15 is 0 Å². The minimum Gasteiger partial charge on any atom is -0.383 e. The molecular formula is C50H65F2N15O5. The number of fused-ring (bicyclic) bond motifs is 1. The number of nitrogens with one attached hydrogen (secondary N) is 3. The number of rotatable bonds is 16. The lowest BCUT2D eigenvalue weighted by Gasteiger charge is -2.61. The number of aldehydes is 1. The number of aromatic nitrogens is 7. The standard InChI is InChI=1S/C26H36F2N6O4.C24H29N9O/c1-29-25(38)22(3-2-8-35)31-19-9-20(27)24(21(28)10-19)34-15-26(16-34)13-32(14-26)12-18-4-6-33(7-5-18)23(37)11-30-17-36;1-12-15(14-9-32(5)10-14)8-26-22(29-12)16-19(31-34-20(16)13-6-7-13)18-17-21(25)27-11-28-23(17)33(30-18)24(2,3)4/h8-10,17-18,22,31H,2-7,11-16H2,1H3,(H,29,38)(H,30,36);8,11,13-14H,6-7,9-10H2,1-5H3,(H2,25,27,28). The third kappa shape index (κ3) is 10.3. The number of hydrogen-bond acceptors (Lipinski definition) is 16. The summed E-state index contributed by atoms with van der Waals surface area (Å²) in [5.74, 6) is 1.31. The zero-order chi connectivity index (χ0) is 51.1. The number of halogens is 2. The molecule has 1 unspecified atom stereocenters. The van der Waals surface area contributed by atoms with E-state index in [0.717, 1.165) is 75.4 Å². The van der Waals surface area contributed by atoms with Crippen molar-refractivity contribution >= 4 is 52.7 Å². The van der Waals surface area contributed by atoms with Crippen molar-refractivity contribution in [2.45, 2.75) is 89.6 Å². The van der Waals surface area contributed by atoms with Crippen LogP contribution in [0.15, 0.2) is 29.2 Å². The van der Waals surface area contributed by atoms with E-state index in [1.54, 1.807) is 9.80 Å². The normalized spacial score (nSPS) is 18.7. The molecule has 1 atom stereocenters. The van der Waals surface area contributed by atoms with Crippen molar-refractivity contribution in [3.05, 3.63) is 53.3 Å². The van der Waals surface area contributed by atoms with Gasteiger partial charge in [-0.25, -0.2) is 33.4 Å². The van der Waals surface area contributed by atoms with Gasteiger partial charge in [-0.2, -0.15) is 5.10 Å². The summed E-state index contributed by atoms with van der Waals surface area (Å²) in [6.07, 6.45) is 9.01. The number of carbonyl (C=O) groups excluding carboxylic acids is 4. The number of piperidine rings is 1. The number of amides is 3. The van der Waals surface area contributed by atoms with Crippen molar-refractivity contribution in [3.63, 3.8) is 0 Å². The summed E-state index contributed by atoms with van der Waals surface area (Å²) in [6, 6.07) is 1.62. The van der Waals surface area contributed by atoms with E-state index in [0.29, 0.717) is 90.7 Å². The van der Waals surface area contributed by atoms with Gasteiger partial charge in [0.2, 0.25) is 18.2 Å². The fourth-order valence-corrected chi connectivity index (χ4v) is 10.8. The Bertz CT molecular complexity index is 2790. The lowest BCUT2D eigenvalue weighted by molar-refractivity contribution is -0.133. The Morgan fingerprint density at radius 3 is 2.31 bits per heavy atom. The van der Waals surface area contributed by atoms with Gasteiger partial charge >= 0.3 is 0 Å². The van der Waals surface area contributed by atoms with E-state index in [1.165, 1.54) is 31.1 Å². The highest BCUT2D eigenvalue weighted by molar-refractivity contribution is 6.00. The molecule has 0 radical (unpaired) electrons. The van der Waals surface area contributed by atoms with Crippen molar-refractivity contribution in [1.82, 2.24) is 60.2 Å². The molecule has 5 N–H and O–H groups in total. The smallest absolute Gasteiger partial charge is 0.242 e. The fraction of sp³-hybridized carbons (Fsp3) is 0.560. The second-order valence-corrected chi connectivity index (χ2v) is 21.3. The van der Waals surface area contributed by atoms with Crippen LogP contribution in [0.1, 0.15) is 88.1 Å². The van der Waals surface area contributed by atoms with Gasteiger partial charge in [0, 0.05) is 107 Å². The van der Waals surface area contributed by atoms with Crippen LogP contribution in [0.3, 0.4) is 0 Å². The average molecular weight is 994 g/mol. The average Bonchev–Trinajstić information content (AvgIpc) is 3.93. The first-order valence-corrected chi connectivity index (χ1v) is 24.8.